The van der Waals surface area contributed by atoms with Crippen LogP contribution >= 0.6 is 0 Å². The van der Waals surface area contributed by atoms with Crippen LogP contribution in [0.4, 0.5) is 0 Å². The maximum absolute atomic E-state index is 12.5. The third kappa shape index (κ3) is 3.65. The highest BCUT2D eigenvalue weighted by Crippen LogP contribution is 2.32. The van der Waals surface area contributed by atoms with Gasteiger partial charge >= 0.3 is 0 Å². The first-order valence-electron chi connectivity index (χ1n) is 8.95. The smallest absolute Gasteiger partial charge is 0.263 e. The van der Waals surface area contributed by atoms with E-state index in [0.29, 0.717) is 13.1 Å². The van der Waals surface area contributed by atoms with Crippen molar-refractivity contribution in [1.29, 1.82) is 0 Å². The SMILES string of the molecule is CCCn1nccc1-c1nccnc1C1CCCN(S(=O)(=O)N(C)C)C1. The molecule has 0 aliphatic carbocycles. The highest BCUT2D eigenvalue weighted by atomic mass is 32.2. The van der Waals surface area contributed by atoms with Crippen LogP contribution in [0.15, 0.2) is 24.7 Å². The Morgan fingerprint density at radius 3 is 2.73 bits per heavy atom. The van der Waals surface area contributed by atoms with Gasteiger partial charge in [0.05, 0.1) is 11.4 Å². The van der Waals surface area contributed by atoms with Crippen LogP contribution in [0.3, 0.4) is 0 Å². The minimum absolute atomic E-state index is 0.0205. The van der Waals surface area contributed by atoms with Crippen molar-refractivity contribution in [2.45, 2.75) is 38.6 Å². The van der Waals surface area contributed by atoms with Crippen LogP contribution in [-0.4, -0.2) is 64.0 Å². The zero-order valence-corrected chi connectivity index (χ0v) is 16.4. The summed E-state index contributed by atoms with van der Waals surface area (Å²) in [4.78, 5) is 9.14. The molecule has 0 N–H and O–H groups in total. The molecule has 0 spiro atoms. The number of nitrogens with zero attached hydrogens (tertiary/aromatic N) is 6. The Kier molecular flexibility index (Phi) is 5.69. The molecule has 142 valence electrons. The van der Waals surface area contributed by atoms with Crippen LogP contribution in [0.5, 0.6) is 0 Å². The van der Waals surface area contributed by atoms with Crippen molar-refractivity contribution in [3.05, 3.63) is 30.4 Å². The monoisotopic (exact) mass is 378 g/mol. The van der Waals surface area contributed by atoms with E-state index in [4.69, 9.17) is 0 Å². The molecular formula is C17H26N6O2S. The first-order valence-corrected chi connectivity index (χ1v) is 10.4. The number of aromatic nitrogens is 4. The van der Waals surface area contributed by atoms with Gasteiger partial charge in [-0.2, -0.15) is 22.1 Å². The summed E-state index contributed by atoms with van der Waals surface area (Å²) < 4.78 is 29.8. The molecule has 2 aromatic rings. The van der Waals surface area contributed by atoms with E-state index in [1.165, 1.54) is 4.31 Å². The van der Waals surface area contributed by atoms with E-state index >= 15 is 0 Å². The second-order valence-corrected chi connectivity index (χ2v) is 8.86. The van der Waals surface area contributed by atoms with Gasteiger partial charge in [0, 0.05) is 58.2 Å². The summed E-state index contributed by atoms with van der Waals surface area (Å²) in [6, 6.07) is 1.94. The molecule has 26 heavy (non-hydrogen) atoms. The van der Waals surface area contributed by atoms with E-state index in [1.54, 1.807) is 37.0 Å². The molecule has 0 bridgehead atoms. The Bertz CT molecular complexity index is 848. The number of aryl methyl sites for hydroxylation is 1. The largest absolute Gasteiger partial charge is 0.281 e. The first kappa shape index (κ1) is 18.9. The van der Waals surface area contributed by atoms with Gasteiger partial charge in [-0.15, -0.1) is 0 Å². The lowest BCUT2D eigenvalue weighted by Gasteiger charge is -2.33. The molecule has 0 radical (unpaired) electrons. The molecule has 2 aromatic heterocycles. The van der Waals surface area contributed by atoms with Gasteiger partial charge < -0.3 is 0 Å². The summed E-state index contributed by atoms with van der Waals surface area (Å²) in [5, 5.41) is 4.38. The van der Waals surface area contributed by atoms with Crippen LogP contribution < -0.4 is 0 Å². The van der Waals surface area contributed by atoms with Crippen molar-refractivity contribution in [2.75, 3.05) is 27.2 Å². The van der Waals surface area contributed by atoms with Gasteiger partial charge in [-0.1, -0.05) is 6.92 Å². The number of hydrogen-bond acceptors (Lipinski definition) is 5. The zero-order chi connectivity index (χ0) is 18.7. The Morgan fingerprint density at radius 2 is 2.00 bits per heavy atom. The molecule has 1 fully saturated rings. The van der Waals surface area contributed by atoms with E-state index in [1.807, 2.05) is 10.7 Å². The van der Waals surface area contributed by atoms with Gasteiger partial charge in [-0.05, 0) is 25.3 Å². The average Bonchev–Trinajstić information content (AvgIpc) is 3.10. The second kappa shape index (κ2) is 7.81. The van der Waals surface area contributed by atoms with Crippen LogP contribution in [0, 0.1) is 0 Å². The maximum Gasteiger partial charge on any atom is 0.281 e. The summed E-state index contributed by atoms with van der Waals surface area (Å²) in [5.41, 5.74) is 2.58. The third-order valence-corrected chi connectivity index (χ3v) is 6.59. The van der Waals surface area contributed by atoms with Crippen molar-refractivity contribution >= 4 is 10.2 Å². The number of hydrogen-bond donors (Lipinski definition) is 0. The molecule has 0 amide bonds. The molecule has 1 atom stereocenters. The number of piperidine rings is 1. The lowest BCUT2D eigenvalue weighted by Crippen LogP contribution is -2.45. The van der Waals surface area contributed by atoms with Crippen molar-refractivity contribution in [3.63, 3.8) is 0 Å². The maximum atomic E-state index is 12.5. The molecular weight excluding hydrogens is 352 g/mol. The van der Waals surface area contributed by atoms with Gasteiger partial charge in [-0.3, -0.25) is 14.6 Å². The molecule has 3 rings (SSSR count). The normalized spacial score (nSPS) is 19.2. The Balaban J connectivity index is 1.94. The minimum atomic E-state index is -3.42. The predicted molar refractivity (Wildman–Crippen MR) is 99.7 cm³/mol. The number of rotatable bonds is 6. The molecule has 1 aliphatic heterocycles. The second-order valence-electron chi connectivity index (χ2n) is 6.72. The summed E-state index contributed by atoms with van der Waals surface area (Å²) >= 11 is 0. The molecule has 1 aliphatic rings. The van der Waals surface area contributed by atoms with Gasteiger partial charge in [0.25, 0.3) is 10.2 Å². The van der Waals surface area contributed by atoms with E-state index in [2.05, 4.69) is 22.0 Å². The van der Waals surface area contributed by atoms with E-state index in [-0.39, 0.29) is 5.92 Å². The first-order chi connectivity index (χ1) is 12.4. The van der Waals surface area contributed by atoms with E-state index in [9.17, 15) is 8.42 Å². The molecule has 1 unspecified atom stereocenters. The van der Waals surface area contributed by atoms with E-state index < -0.39 is 10.2 Å². The summed E-state index contributed by atoms with van der Waals surface area (Å²) in [6.07, 6.45) is 7.81. The standard InChI is InChI=1S/C17H26N6O2S/c1-4-11-23-15(7-8-20-23)17-16(18-9-10-19-17)14-6-5-12-22(13-14)26(24,25)21(2)3/h7-10,14H,4-6,11-13H2,1-3H3. The van der Waals surface area contributed by atoms with Crippen LogP contribution in [-0.2, 0) is 16.8 Å². The lowest BCUT2D eigenvalue weighted by molar-refractivity contribution is 0.296. The Morgan fingerprint density at radius 1 is 1.23 bits per heavy atom. The quantitative estimate of drug-likeness (QED) is 0.764. The molecule has 3 heterocycles. The summed E-state index contributed by atoms with van der Waals surface area (Å²) in [5.74, 6) is 0.0205. The molecule has 1 saturated heterocycles. The van der Waals surface area contributed by atoms with Gasteiger partial charge in [0.15, 0.2) is 0 Å². The Hall–Kier alpha value is -1.84. The topological polar surface area (TPSA) is 84.2 Å². The van der Waals surface area contributed by atoms with Gasteiger partial charge in [-0.25, -0.2) is 0 Å². The van der Waals surface area contributed by atoms with Gasteiger partial charge in [0.1, 0.15) is 5.69 Å². The van der Waals surface area contributed by atoms with Crippen molar-refractivity contribution in [2.24, 2.45) is 0 Å². The van der Waals surface area contributed by atoms with Gasteiger partial charge in [0.2, 0.25) is 0 Å². The molecule has 8 nitrogen and oxygen atoms in total. The minimum Gasteiger partial charge on any atom is -0.263 e. The predicted octanol–water partition coefficient (Wildman–Crippen LogP) is 1.74. The van der Waals surface area contributed by atoms with E-state index in [0.717, 1.165) is 42.9 Å². The highest BCUT2D eigenvalue weighted by Gasteiger charge is 2.33. The van der Waals surface area contributed by atoms with Crippen molar-refractivity contribution in [3.8, 4) is 11.4 Å². The molecule has 9 heteroatoms. The third-order valence-electron chi connectivity index (χ3n) is 4.68. The lowest BCUT2D eigenvalue weighted by atomic mass is 9.93. The van der Waals surface area contributed by atoms with Crippen LogP contribution in [0.25, 0.3) is 11.4 Å². The fraction of sp³-hybridized carbons (Fsp3) is 0.588. The molecule has 0 aromatic carbocycles. The Labute approximate surface area is 155 Å². The summed E-state index contributed by atoms with van der Waals surface area (Å²) in [6.45, 7) is 3.88. The summed E-state index contributed by atoms with van der Waals surface area (Å²) in [7, 11) is -0.292. The zero-order valence-electron chi connectivity index (χ0n) is 15.5. The van der Waals surface area contributed by atoms with Crippen molar-refractivity contribution < 1.29 is 8.42 Å². The fourth-order valence-corrected chi connectivity index (χ4v) is 4.56. The molecule has 0 saturated carbocycles. The van der Waals surface area contributed by atoms with Crippen LogP contribution in [0.2, 0.25) is 0 Å². The average molecular weight is 379 g/mol. The highest BCUT2D eigenvalue weighted by molar-refractivity contribution is 7.86. The van der Waals surface area contributed by atoms with Crippen molar-refractivity contribution in [1.82, 2.24) is 28.4 Å². The van der Waals surface area contributed by atoms with Crippen LogP contribution in [0.1, 0.15) is 37.8 Å². The fourth-order valence-electron chi connectivity index (χ4n) is 3.37.